The molecule has 3 rings (SSSR count). The SMILES string of the molecule is CCNC1CCC(O)(CC2CCOc3ccccc32)CC1. The van der Waals surface area contributed by atoms with Gasteiger partial charge in [0.1, 0.15) is 5.75 Å². The van der Waals surface area contributed by atoms with Crippen LogP contribution in [-0.2, 0) is 0 Å². The first-order valence-corrected chi connectivity index (χ1v) is 8.38. The van der Waals surface area contributed by atoms with Crippen LogP contribution in [0.3, 0.4) is 0 Å². The van der Waals surface area contributed by atoms with Crippen LogP contribution in [0.5, 0.6) is 5.75 Å². The summed E-state index contributed by atoms with van der Waals surface area (Å²) in [7, 11) is 0. The van der Waals surface area contributed by atoms with Crippen molar-refractivity contribution in [2.45, 2.75) is 63.0 Å². The van der Waals surface area contributed by atoms with E-state index in [9.17, 15) is 5.11 Å². The molecule has 116 valence electrons. The fourth-order valence-electron chi connectivity index (χ4n) is 3.94. The normalized spacial score (nSPS) is 32.3. The third kappa shape index (κ3) is 3.41. The lowest BCUT2D eigenvalue weighted by Crippen LogP contribution is -2.42. The molecule has 0 spiro atoms. The summed E-state index contributed by atoms with van der Waals surface area (Å²) in [5.74, 6) is 1.45. The minimum Gasteiger partial charge on any atom is -0.493 e. The third-order valence-corrected chi connectivity index (χ3v) is 5.12. The van der Waals surface area contributed by atoms with Crippen LogP contribution < -0.4 is 10.1 Å². The second-order valence-corrected chi connectivity index (χ2v) is 6.63. The van der Waals surface area contributed by atoms with E-state index in [1.54, 1.807) is 0 Å². The first-order chi connectivity index (χ1) is 10.2. The van der Waals surface area contributed by atoms with Gasteiger partial charge in [-0.3, -0.25) is 0 Å². The van der Waals surface area contributed by atoms with Gasteiger partial charge >= 0.3 is 0 Å². The van der Waals surface area contributed by atoms with Crippen molar-refractivity contribution in [3.05, 3.63) is 29.8 Å². The number of hydrogen-bond donors (Lipinski definition) is 2. The molecule has 1 aliphatic carbocycles. The van der Waals surface area contributed by atoms with E-state index in [0.717, 1.165) is 57.4 Å². The van der Waals surface area contributed by atoms with Crippen molar-refractivity contribution < 1.29 is 9.84 Å². The summed E-state index contributed by atoms with van der Waals surface area (Å²) < 4.78 is 5.73. The third-order valence-electron chi connectivity index (χ3n) is 5.12. The molecule has 1 fully saturated rings. The Labute approximate surface area is 127 Å². The van der Waals surface area contributed by atoms with Crippen molar-refractivity contribution in [1.29, 1.82) is 0 Å². The van der Waals surface area contributed by atoms with Crippen LogP contribution in [0.2, 0.25) is 0 Å². The van der Waals surface area contributed by atoms with Crippen LogP contribution in [-0.4, -0.2) is 29.9 Å². The molecule has 1 saturated carbocycles. The lowest BCUT2D eigenvalue weighted by molar-refractivity contribution is -0.0193. The lowest BCUT2D eigenvalue weighted by Gasteiger charge is -2.39. The van der Waals surface area contributed by atoms with E-state index < -0.39 is 5.60 Å². The fraction of sp³-hybridized carbons (Fsp3) is 0.667. The standard InChI is InChI=1S/C18H27NO2/c1-2-19-15-7-10-18(20,11-8-15)13-14-9-12-21-17-6-4-3-5-16(14)17/h3-6,14-15,19-20H,2,7-13H2,1H3. The van der Waals surface area contributed by atoms with E-state index in [-0.39, 0.29) is 0 Å². The van der Waals surface area contributed by atoms with Gasteiger partial charge in [-0.05, 0) is 62.6 Å². The number of ether oxygens (including phenoxy) is 1. The molecule has 1 atom stereocenters. The first kappa shape index (κ1) is 14.9. The highest BCUT2D eigenvalue weighted by atomic mass is 16.5. The zero-order chi connectivity index (χ0) is 14.7. The zero-order valence-corrected chi connectivity index (χ0v) is 13.0. The van der Waals surface area contributed by atoms with E-state index in [4.69, 9.17) is 4.74 Å². The highest BCUT2D eigenvalue weighted by Gasteiger charge is 2.36. The van der Waals surface area contributed by atoms with E-state index in [1.165, 1.54) is 5.56 Å². The molecule has 1 unspecified atom stereocenters. The smallest absolute Gasteiger partial charge is 0.122 e. The molecule has 2 aliphatic rings. The molecule has 1 heterocycles. The van der Waals surface area contributed by atoms with Crippen LogP contribution in [0.25, 0.3) is 0 Å². The van der Waals surface area contributed by atoms with Crippen molar-refractivity contribution in [3.8, 4) is 5.75 Å². The molecule has 1 aliphatic heterocycles. The molecule has 3 nitrogen and oxygen atoms in total. The maximum Gasteiger partial charge on any atom is 0.122 e. The topological polar surface area (TPSA) is 41.5 Å². The van der Waals surface area contributed by atoms with Gasteiger partial charge in [-0.25, -0.2) is 0 Å². The number of nitrogens with one attached hydrogen (secondary N) is 1. The molecular formula is C18H27NO2. The zero-order valence-electron chi connectivity index (χ0n) is 13.0. The van der Waals surface area contributed by atoms with Gasteiger partial charge < -0.3 is 15.2 Å². The van der Waals surface area contributed by atoms with E-state index >= 15 is 0 Å². The summed E-state index contributed by atoms with van der Waals surface area (Å²) in [4.78, 5) is 0. The van der Waals surface area contributed by atoms with Gasteiger partial charge in [0, 0.05) is 6.04 Å². The highest BCUT2D eigenvalue weighted by molar-refractivity contribution is 5.38. The Kier molecular flexibility index (Phi) is 4.51. The molecule has 3 heteroatoms. The summed E-state index contributed by atoms with van der Waals surface area (Å²) in [5, 5.41) is 14.5. The highest BCUT2D eigenvalue weighted by Crippen LogP contribution is 2.42. The number of aliphatic hydroxyl groups is 1. The van der Waals surface area contributed by atoms with Crippen molar-refractivity contribution in [2.24, 2.45) is 0 Å². The van der Waals surface area contributed by atoms with Crippen LogP contribution >= 0.6 is 0 Å². The van der Waals surface area contributed by atoms with Gasteiger partial charge in [-0.15, -0.1) is 0 Å². The van der Waals surface area contributed by atoms with Crippen molar-refractivity contribution in [2.75, 3.05) is 13.2 Å². The second-order valence-electron chi connectivity index (χ2n) is 6.63. The molecule has 0 amide bonds. The molecule has 0 saturated heterocycles. The molecule has 0 bridgehead atoms. The van der Waals surface area contributed by atoms with Crippen LogP contribution in [0.1, 0.15) is 56.9 Å². The van der Waals surface area contributed by atoms with Gasteiger partial charge in [0.05, 0.1) is 12.2 Å². The number of benzene rings is 1. The van der Waals surface area contributed by atoms with Gasteiger partial charge in [0.25, 0.3) is 0 Å². The molecule has 2 N–H and O–H groups in total. The van der Waals surface area contributed by atoms with Crippen molar-refractivity contribution >= 4 is 0 Å². The Balaban J connectivity index is 1.65. The van der Waals surface area contributed by atoms with E-state index in [1.807, 2.05) is 12.1 Å². The van der Waals surface area contributed by atoms with Gasteiger partial charge in [-0.1, -0.05) is 25.1 Å². The van der Waals surface area contributed by atoms with Gasteiger partial charge in [0.15, 0.2) is 0 Å². The lowest BCUT2D eigenvalue weighted by atomic mass is 9.74. The Morgan fingerprint density at radius 2 is 2.00 bits per heavy atom. The monoisotopic (exact) mass is 289 g/mol. The maximum absolute atomic E-state index is 11.0. The number of para-hydroxylation sites is 1. The van der Waals surface area contributed by atoms with E-state index in [0.29, 0.717) is 12.0 Å². The average molecular weight is 289 g/mol. The Bertz CT molecular complexity index is 466. The number of fused-ring (bicyclic) bond motifs is 1. The predicted molar refractivity (Wildman–Crippen MR) is 84.8 cm³/mol. The molecule has 0 aromatic heterocycles. The minimum absolute atomic E-state index is 0.440. The quantitative estimate of drug-likeness (QED) is 0.894. The average Bonchev–Trinajstić information content (AvgIpc) is 2.50. The number of hydrogen-bond acceptors (Lipinski definition) is 3. The molecule has 21 heavy (non-hydrogen) atoms. The number of rotatable bonds is 4. The fourth-order valence-corrected chi connectivity index (χ4v) is 3.94. The van der Waals surface area contributed by atoms with Crippen LogP contribution in [0, 0.1) is 0 Å². The van der Waals surface area contributed by atoms with Crippen molar-refractivity contribution in [1.82, 2.24) is 5.32 Å². The molecular weight excluding hydrogens is 262 g/mol. The van der Waals surface area contributed by atoms with Crippen molar-refractivity contribution in [3.63, 3.8) is 0 Å². The van der Waals surface area contributed by atoms with Crippen LogP contribution in [0.4, 0.5) is 0 Å². The summed E-state index contributed by atoms with van der Waals surface area (Å²) in [6.07, 6.45) is 5.93. The Morgan fingerprint density at radius 3 is 2.76 bits per heavy atom. The maximum atomic E-state index is 11.0. The van der Waals surface area contributed by atoms with Gasteiger partial charge in [0.2, 0.25) is 0 Å². The Hall–Kier alpha value is -1.06. The summed E-state index contributed by atoms with van der Waals surface area (Å²) in [6.45, 7) is 3.95. The first-order valence-electron chi connectivity index (χ1n) is 8.38. The molecule has 1 aromatic rings. The Morgan fingerprint density at radius 1 is 1.24 bits per heavy atom. The van der Waals surface area contributed by atoms with Crippen LogP contribution in [0.15, 0.2) is 24.3 Å². The molecule has 1 aromatic carbocycles. The predicted octanol–water partition coefficient (Wildman–Crippen LogP) is 3.23. The van der Waals surface area contributed by atoms with E-state index in [2.05, 4.69) is 24.4 Å². The van der Waals surface area contributed by atoms with Gasteiger partial charge in [-0.2, -0.15) is 0 Å². The summed E-state index contributed by atoms with van der Waals surface area (Å²) >= 11 is 0. The second kappa shape index (κ2) is 6.37. The minimum atomic E-state index is -0.485. The largest absolute Gasteiger partial charge is 0.493 e. The summed E-state index contributed by atoms with van der Waals surface area (Å²) in [6, 6.07) is 8.90. The summed E-state index contributed by atoms with van der Waals surface area (Å²) in [5.41, 5.74) is 0.798. The molecule has 0 radical (unpaired) electrons.